The molecule has 3 rings (SSSR count). The van der Waals surface area contributed by atoms with E-state index in [1.165, 1.54) is 24.0 Å². The molecule has 3 nitrogen and oxygen atoms in total. The molecule has 1 aliphatic carbocycles. The van der Waals surface area contributed by atoms with Gasteiger partial charge in [0.15, 0.2) is 0 Å². The number of hydrogen-bond donors (Lipinski definition) is 1. The molecular weight excluding hydrogens is 236 g/mol. The molecule has 2 aliphatic rings. The van der Waals surface area contributed by atoms with E-state index in [2.05, 4.69) is 41.4 Å². The monoisotopic (exact) mass is 260 g/mol. The van der Waals surface area contributed by atoms with E-state index < -0.39 is 0 Å². The first-order valence-corrected chi connectivity index (χ1v) is 7.44. The topological polar surface area (TPSA) is 24.5 Å². The lowest BCUT2D eigenvalue weighted by Crippen LogP contribution is -2.47. The third-order valence-corrected chi connectivity index (χ3v) is 4.18. The van der Waals surface area contributed by atoms with E-state index in [9.17, 15) is 0 Å². The van der Waals surface area contributed by atoms with Crippen LogP contribution in [0.5, 0.6) is 0 Å². The van der Waals surface area contributed by atoms with Gasteiger partial charge in [-0.15, -0.1) is 0 Å². The van der Waals surface area contributed by atoms with E-state index in [4.69, 9.17) is 4.74 Å². The standard InChI is InChI=1S/C16H24N2O/c1-13-4-2-3-5-14(13)10-17-11-16-12-18(8-9-19-16)15-6-7-15/h2-5,15-17H,6-12H2,1H3/t16-/m1/s1. The molecule has 104 valence electrons. The Kier molecular flexibility index (Phi) is 4.16. The summed E-state index contributed by atoms with van der Waals surface area (Å²) in [7, 11) is 0. The predicted molar refractivity (Wildman–Crippen MR) is 77.2 cm³/mol. The van der Waals surface area contributed by atoms with Crippen molar-refractivity contribution in [2.45, 2.75) is 38.5 Å². The Hall–Kier alpha value is -0.900. The molecule has 1 N–H and O–H groups in total. The Bertz CT molecular complexity index is 417. The highest BCUT2D eigenvalue weighted by Crippen LogP contribution is 2.28. The second-order valence-electron chi connectivity index (χ2n) is 5.78. The molecule has 1 saturated carbocycles. The summed E-state index contributed by atoms with van der Waals surface area (Å²) in [5.74, 6) is 0. The lowest BCUT2D eigenvalue weighted by Gasteiger charge is -2.33. The van der Waals surface area contributed by atoms with Gasteiger partial charge in [0.25, 0.3) is 0 Å². The molecule has 0 spiro atoms. The summed E-state index contributed by atoms with van der Waals surface area (Å²) < 4.78 is 5.85. The Morgan fingerprint density at radius 2 is 2.16 bits per heavy atom. The molecule has 1 heterocycles. The molecular formula is C16H24N2O. The summed E-state index contributed by atoms with van der Waals surface area (Å²) in [5, 5.41) is 3.54. The molecule has 1 atom stereocenters. The highest BCUT2D eigenvalue weighted by molar-refractivity contribution is 5.25. The Labute approximate surface area is 115 Å². The van der Waals surface area contributed by atoms with Gasteiger partial charge in [-0.1, -0.05) is 24.3 Å². The van der Waals surface area contributed by atoms with E-state index in [1.54, 1.807) is 0 Å². The number of morpholine rings is 1. The van der Waals surface area contributed by atoms with Crippen LogP contribution in [0, 0.1) is 6.92 Å². The molecule has 0 amide bonds. The predicted octanol–water partition coefficient (Wildman–Crippen LogP) is 1.95. The van der Waals surface area contributed by atoms with Gasteiger partial charge in [-0.2, -0.15) is 0 Å². The maximum atomic E-state index is 5.85. The number of ether oxygens (including phenoxy) is 1. The van der Waals surface area contributed by atoms with E-state index in [0.29, 0.717) is 6.10 Å². The summed E-state index contributed by atoms with van der Waals surface area (Å²) in [6.07, 6.45) is 3.14. The van der Waals surface area contributed by atoms with Gasteiger partial charge in [-0.3, -0.25) is 4.90 Å². The van der Waals surface area contributed by atoms with Crippen LogP contribution in [0.15, 0.2) is 24.3 Å². The number of rotatable bonds is 5. The maximum Gasteiger partial charge on any atom is 0.0826 e. The van der Waals surface area contributed by atoms with Crippen molar-refractivity contribution in [3.05, 3.63) is 35.4 Å². The van der Waals surface area contributed by atoms with Crippen LogP contribution in [0.1, 0.15) is 24.0 Å². The van der Waals surface area contributed by atoms with Gasteiger partial charge < -0.3 is 10.1 Å². The molecule has 0 unspecified atom stereocenters. The zero-order valence-corrected chi connectivity index (χ0v) is 11.8. The molecule has 1 aliphatic heterocycles. The Morgan fingerprint density at radius 3 is 2.95 bits per heavy atom. The van der Waals surface area contributed by atoms with Crippen molar-refractivity contribution in [2.24, 2.45) is 0 Å². The van der Waals surface area contributed by atoms with E-state index in [-0.39, 0.29) is 0 Å². The van der Waals surface area contributed by atoms with Crippen LogP contribution in [-0.4, -0.2) is 43.3 Å². The largest absolute Gasteiger partial charge is 0.374 e. The second-order valence-corrected chi connectivity index (χ2v) is 5.78. The molecule has 0 aromatic heterocycles. The van der Waals surface area contributed by atoms with Crippen LogP contribution in [0.3, 0.4) is 0 Å². The van der Waals surface area contributed by atoms with Gasteiger partial charge in [0, 0.05) is 32.2 Å². The van der Waals surface area contributed by atoms with Crippen LogP contribution in [0.25, 0.3) is 0 Å². The summed E-state index contributed by atoms with van der Waals surface area (Å²) in [4.78, 5) is 2.60. The van der Waals surface area contributed by atoms with Crippen molar-refractivity contribution >= 4 is 0 Å². The van der Waals surface area contributed by atoms with Gasteiger partial charge in [0.05, 0.1) is 12.7 Å². The Morgan fingerprint density at radius 1 is 1.32 bits per heavy atom. The fourth-order valence-corrected chi connectivity index (χ4v) is 2.81. The molecule has 19 heavy (non-hydrogen) atoms. The van der Waals surface area contributed by atoms with Crippen molar-refractivity contribution < 1.29 is 4.74 Å². The van der Waals surface area contributed by atoms with Gasteiger partial charge in [-0.25, -0.2) is 0 Å². The average Bonchev–Trinajstić information content (AvgIpc) is 3.26. The molecule has 3 heteroatoms. The van der Waals surface area contributed by atoms with Crippen molar-refractivity contribution in [1.82, 2.24) is 10.2 Å². The highest BCUT2D eigenvalue weighted by Gasteiger charge is 2.32. The Balaban J connectivity index is 1.43. The molecule has 0 radical (unpaired) electrons. The zero-order valence-electron chi connectivity index (χ0n) is 11.8. The van der Waals surface area contributed by atoms with Crippen LogP contribution in [-0.2, 0) is 11.3 Å². The summed E-state index contributed by atoms with van der Waals surface area (Å²) in [6.45, 7) is 7.19. The lowest BCUT2D eigenvalue weighted by atomic mass is 10.1. The van der Waals surface area contributed by atoms with E-state index in [0.717, 1.165) is 38.8 Å². The first-order chi connectivity index (χ1) is 9.33. The quantitative estimate of drug-likeness (QED) is 0.876. The van der Waals surface area contributed by atoms with Crippen LogP contribution in [0.4, 0.5) is 0 Å². The fraction of sp³-hybridized carbons (Fsp3) is 0.625. The number of nitrogens with one attached hydrogen (secondary N) is 1. The first kappa shape index (κ1) is 13.1. The summed E-state index contributed by atoms with van der Waals surface area (Å²) >= 11 is 0. The van der Waals surface area contributed by atoms with Crippen molar-refractivity contribution in [3.8, 4) is 0 Å². The third kappa shape index (κ3) is 3.56. The maximum absolute atomic E-state index is 5.85. The molecule has 2 fully saturated rings. The molecule has 1 aromatic carbocycles. The van der Waals surface area contributed by atoms with Crippen molar-refractivity contribution in [3.63, 3.8) is 0 Å². The third-order valence-electron chi connectivity index (χ3n) is 4.18. The SMILES string of the molecule is Cc1ccccc1CNC[C@@H]1CN(C2CC2)CCO1. The molecule has 1 aromatic rings. The number of hydrogen-bond acceptors (Lipinski definition) is 3. The zero-order chi connectivity index (χ0) is 13.1. The van der Waals surface area contributed by atoms with E-state index in [1.807, 2.05) is 0 Å². The smallest absolute Gasteiger partial charge is 0.0826 e. The number of benzene rings is 1. The summed E-state index contributed by atoms with van der Waals surface area (Å²) in [5.41, 5.74) is 2.75. The van der Waals surface area contributed by atoms with Crippen LogP contribution >= 0.6 is 0 Å². The van der Waals surface area contributed by atoms with Crippen molar-refractivity contribution in [2.75, 3.05) is 26.2 Å². The highest BCUT2D eigenvalue weighted by atomic mass is 16.5. The number of aryl methyl sites for hydroxylation is 1. The molecule has 0 bridgehead atoms. The van der Waals surface area contributed by atoms with Gasteiger partial charge in [0.1, 0.15) is 0 Å². The lowest BCUT2D eigenvalue weighted by molar-refractivity contribution is -0.0301. The summed E-state index contributed by atoms with van der Waals surface area (Å²) in [6, 6.07) is 9.43. The van der Waals surface area contributed by atoms with Gasteiger partial charge >= 0.3 is 0 Å². The van der Waals surface area contributed by atoms with Crippen LogP contribution in [0.2, 0.25) is 0 Å². The average molecular weight is 260 g/mol. The normalized spacial score (nSPS) is 24.6. The minimum Gasteiger partial charge on any atom is -0.374 e. The number of nitrogens with zero attached hydrogens (tertiary/aromatic N) is 1. The minimum atomic E-state index is 0.360. The van der Waals surface area contributed by atoms with Gasteiger partial charge in [-0.05, 0) is 30.9 Å². The first-order valence-electron chi connectivity index (χ1n) is 7.44. The molecule has 1 saturated heterocycles. The van der Waals surface area contributed by atoms with E-state index >= 15 is 0 Å². The van der Waals surface area contributed by atoms with Gasteiger partial charge in [0.2, 0.25) is 0 Å². The fourth-order valence-electron chi connectivity index (χ4n) is 2.81. The minimum absolute atomic E-state index is 0.360. The second kappa shape index (κ2) is 6.04. The van der Waals surface area contributed by atoms with Crippen molar-refractivity contribution in [1.29, 1.82) is 0 Å². The van der Waals surface area contributed by atoms with Crippen LogP contribution < -0.4 is 5.32 Å².